The first-order valence-electron chi connectivity index (χ1n) is 6.25. The summed E-state index contributed by atoms with van der Waals surface area (Å²) in [5.74, 6) is -0.941. The Labute approximate surface area is 108 Å². The summed E-state index contributed by atoms with van der Waals surface area (Å²) < 4.78 is 42.6. The summed E-state index contributed by atoms with van der Waals surface area (Å²) in [5.41, 5.74) is 1.13. The van der Waals surface area contributed by atoms with Gasteiger partial charge in [0.1, 0.15) is 5.58 Å². The highest BCUT2D eigenvalue weighted by atomic mass is 19.4. The van der Waals surface area contributed by atoms with Crippen LogP contribution in [0.5, 0.6) is 0 Å². The van der Waals surface area contributed by atoms with Crippen LogP contribution in [0.3, 0.4) is 0 Å². The molecule has 0 saturated carbocycles. The number of furan rings is 1. The lowest BCUT2D eigenvalue weighted by atomic mass is 9.90. The van der Waals surface area contributed by atoms with Gasteiger partial charge in [0, 0.05) is 10.9 Å². The Morgan fingerprint density at radius 2 is 2.05 bits per heavy atom. The quantitative estimate of drug-likeness (QED) is 0.844. The van der Waals surface area contributed by atoms with Crippen molar-refractivity contribution in [2.75, 3.05) is 6.54 Å². The fraction of sp³-hybridized carbons (Fsp3) is 0.429. The van der Waals surface area contributed by atoms with E-state index in [9.17, 15) is 13.2 Å². The summed E-state index contributed by atoms with van der Waals surface area (Å²) >= 11 is 0. The molecule has 1 fully saturated rings. The molecule has 5 heteroatoms. The topological polar surface area (TPSA) is 25.2 Å². The van der Waals surface area contributed by atoms with E-state index in [-0.39, 0.29) is 11.1 Å². The Hall–Kier alpha value is -1.49. The van der Waals surface area contributed by atoms with Crippen LogP contribution in [0.1, 0.15) is 31.1 Å². The molecule has 3 rings (SSSR count). The van der Waals surface area contributed by atoms with E-state index < -0.39 is 11.9 Å². The van der Waals surface area contributed by atoms with Crippen LogP contribution < -0.4 is 5.32 Å². The summed E-state index contributed by atoms with van der Waals surface area (Å²) in [4.78, 5) is 0. The number of alkyl halides is 3. The van der Waals surface area contributed by atoms with Crippen LogP contribution in [0.2, 0.25) is 0 Å². The molecular weight excluding hydrogens is 255 g/mol. The molecule has 1 aliphatic rings. The van der Waals surface area contributed by atoms with Crippen LogP contribution in [0.15, 0.2) is 28.7 Å². The Bertz CT molecular complexity index is 609. The summed E-state index contributed by atoms with van der Waals surface area (Å²) in [6, 6.07) is 6.30. The zero-order chi connectivity index (χ0) is 13.7. The zero-order valence-electron chi connectivity index (χ0n) is 10.5. The first-order valence-corrected chi connectivity index (χ1v) is 6.25. The number of nitrogens with one attached hydrogen (secondary N) is 1. The Kier molecular flexibility index (Phi) is 2.64. The molecule has 0 radical (unpaired) electrons. The molecule has 1 aromatic heterocycles. The van der Waals surface area contributed by atoms with Crippen LogP contribution in [0, 0.1) is 0 Å². The molecule has 1 aliphatic heterocycles. The third-order valence-electron chi connectivity index (χ3n) is 3.80. The summed E-state index contributed by atoms with van der Waals surface area (Å²) in [6.07, 6.45) is -2.37. The Morgan fingerprint density at radius 3 is 2.68 bits per heavy atom. The lowest BCUT2D eigenvalue weighted by molar-refractivity contribution is -0.152. The highest BCUT2D eigenvalue weighted by molar-refractivity contribution is 5.79. The second-order valence-corrected chi connectivity index (χ2v) is 5.22. The molecule has 1 saturated heterocycles. The lowest BCUT2D eigenvalue weighted by Gasteiger charge is -2.24. The van der Waals surface area contributed by atoms with Crippen LogP contribution in [0.4, 0.5) is 13.2 Å². The van der Waals surface area contributed by atoms with Crippen molar-refractivity contribution in [1.82, 2.24) is 5.32 Å². The number of fused-ring (bicyclic) bond motifs is 1. The third kappa shape index (κ3) is 2.12. The predicted molar refractivity (Wildman–Crippen MR) is 65.8 cm³/mol. The van der Waals surface area contributed by atoms with Crippen molar-refractivity contribution < 1.29 is 17.6 Å². The normalized spacial score (nSPS) is 24.2. The molecule has 0 amide bonds. The standard InChI is InChI=1S/C14H14F3NO/c1-13(5-2-6-18-13)10-3-4-11-9(7-10)8-12(19-11)14(15,16)17/h3-4,7-8,18H,2,5-6H2,1H3. The first kappa shape index (κ1) is 12.5. The molecule has 19 heavy (non-hydrogen) atoms. The highest BCUT2D eigenvalue weighted by Crippen LogP contribution is 2.36. The van der Waals surface area contributed by atoms with Gasteiger partial charge in [-0.2, -0.15) is 13.2 Å². The fourth-order valence-corrected chi connectivity index (χ4v) is 2.67. The van der Waals surface area contributed by atoms with E-state index in [1.807, 2.05) is 6.07 Å². The largest absolute Gasteiger partial charge is 0.452 e. The number of hydrogen-bond donors (Lipinski definition) is 1. The molecule has 1 unspecified atom stereocenters. The molecule has 0 spiro atoms. The summed E-state index contributed by atoms with van der Waals surface area (Å²) in [6.45, 7) is 3.01. The van der Waals surface area contributed by atoms with Crippen LogP contribution in [-0.4, -0.2) is 6.54 Å². The predicted octanol–water partition coefficient (Wildman–Crippen LogP) is 4.05. The molecule has 102 valence electrons. The van der Waals surface area contributed by atoms with E-state index >= 15 is 0 Å². The summed E-state index contributed by atoms with van der Waals surface area (Å²) in [5, 5.41) is 3.90. The number of rotatable bonds is 1. The van der Waals surface area contributed by atoms with Crippen LogP contribution >= 0.6 is 0 Å². The van der Waals surface area contributed by atoms with E-state index in [1.165, 1.54) is 0 Å². The van der Waals surface area contributed by atoms with Crippen molar-refractivity contribution in [3.8, 4) is 0 Å². The van der Waals surface area contributed by atoms with Gasteiger partial charge >= 0.3 is 6.18 Å². The van der Waals surface area contributed by atoms with Gasteiger partial charge < -0.3 is 9.73 Å². The average molecular weight is 269 g/mol. The maximum atomic E-state index is 12.6. The van der Waals surface area contributed by atoms with Crippen molar-refractivity contribution >= 4 is 11.0 Å². The molecular formula is C14H14F3NO. The minimum atomic E-state index is -4.44. The zero-order valence-corrected chi connectivity index (χ0v) is 10.5. The third-order valence-corrected chi connectivity index (χ3v) is 3.80. The minimum absolute atomic E-state index is 0.149. The monoisotopic (exact) mass is 269 g/mol. The second kappa shape index (κ2) is 4.00. The van der Waals surface area contributed by atoms with E-state index in [2.05, 4.69) is 12.2 Å². The molecule has 2 aromatic rings. The number of halogens is 3. The maximum Gasteiger partial charge on any atom is 0.449 e. The SMILES string of the molecule is CC1(c2ccc3oc(C(F)(F)F)cc3c2)CCCN1. The van der Waals surface area contributed by atoms with Gasteiger partial charge in [-0.05, 0) is 50.1 Å². The van der Waals surface area contributed by atoms with Crippen molar-refractivity contribution in [3.05, 3.63) is 35.6 Å². The molecule has 1 aromatic carbocycles. The smallest absolute Gasteiger partial charge is 0.449 e. The summed E-state index contributed by atoms with van der Waals surface area (Å²) in [7, 11) is 0. The van der Waals surface area contributed by atoms with Gasteiger partial charge in [-0.15, -0.1) is 0 Å². The molecule has 0 aliphatic carbocycles. The number of hydrogen-bond acceptors (Lipinski definition) is 2. The molecule has 1 atom stereocenters. The molecule has 2 nitrogen and oxygen atoms in total. The second-order valence-electron chi connectivity index (χ2n) is 5.22. The van der Waals surface area contributed by atoms with Gasteiger partial charge in [0.05, 0.1) is 0 Å². The average Bonchev–Trinajstić information content (AvgIpc) is 2.93. The van der Waals surface area contributed by atoms with E-state index in [0.717, 1.165) is 31.0 Å². The lowest BCUT2D eigenvalue weighted by Crippen LogP contribution is -2.32. The Morgan fingerprint density at radius 1 is 1.26 bits per heavy atom. The van der Waals surface area contributed by atoms with Crippen molar-refractivity contribution in [3.63, 3.8) is 0 Å². The van der Waals surface area contributed by atoms with Gasteiger partial charge in [0.15, 0.2) is 0 Å². The van der Waals surface area contributed by atoms with E-state index in [4.69, 9.17) is 4.42 Å². The van der Waals surface area contributed by atoms with Crippen molar-refractivity contribution in [1.29, 1.82) is 0 Å². The molecule has 1 N–H and O–H groups in total. The van der Waals surface area contributed by atoms with E-state index in [0.29, 0.717) is 5.39 Å². The molecule has 0 bridgehead atoms. The van der Waals surface area contributed by atoms with Crippen LogP contribution in [0.25, 0.3) is 11.0 Å². The van der Waals surface area contributed by atoms with Crippen LogP contribution in [-0.2, 0) is 11.7 Å². The number of benzene rings is 1. The van der Waals surface area contributed by atoms with Gasteiger partial charge in [0.2, 0.25) is 5.76 Å². The molecule has 2 heterocycles. The Balaban J connectivity index is 2.06. The van der Waals surface area contributed by atoms with Gasteiger partial charge in [0.25, 0.3) is 0 Å². The van der Waals surface area contributed by atoms with Crippen molar-refractivity contribution in [2.24, 2.45) is 0 Å². The van der Waals surface area contributed by atoms with Gasteiger partial charge in [-0.25, -0.2) is 0 Å². The first-order chi connectivity index (χ1) is 8.88. The van der Waals surface area contributed by atoms with Gasteiger partial charge in [-0.3, -0.25) is 0 Å². The highest BCUT2D eigenvalue weighted by Gasteiger charge is 2.36. The van der Waals surface area contributed by atoms with Crippen molar-refractivity contribution in [2.45, 2.75) is 31.5 Å². The maximum absolute atomic E-state index is 12.6. The van der Waals surface area contributed by atoms with E-state index in [1.54, 1.807) is 12.1 Å². The van der Waals surface area contributed by atoms with Gasteiger partial charge in [-0.1, -0.05) is 6.07 Å². The fourth-order valence-electron chi connectivity index (χ4n) is 2.67. The minimum Gasteiger partial charge on any atom is -0.452 e.